The monoisotopic (exact) mass is 284 g/mol. The zero-order chi connectivity index (χ0) is 14.0. The highest BCUT2D eigenvalue weighted by molar-refractivity contribution is 6.29. The van der Waals surface area contributed by atoms with Gasteiger partial charge in [0, 0.05) is 19.9 Å². The predicted octanol–water partition coefficient (Wildman–Crippen LogP) is 0.766. The van der Waals surface area contributed by atoms with Gasteiger partial charge in [0.15, 0.2) is 12.4 Å². The normalized spacial score (nSPS) is 10.5. The minimum Gasteiger partial charge on any atom is -0.458 e. The molecule has 0 aromatic carbocycles. The molecule has 0 unspecified atom stereocenters. The lowest BCUT2D eigenvalue weighted by Gasteiger charge is -2.00. The third-order valence-corrected chi connectivity index (χ3v) is 2.21. The summed E-state index contributed by atoms with van der Waals surface area (Å²) in [6.07, 6.45) is 0. The van der Waals surface area contributed by atoms with Gasteiger partial charge in [0.1, 0.15) is 5.15 Å². The lowest BCUT2D eigenvalue weighted by Crippen LogP contribution is -2.04. The maximum absolute atomic E-state index is 10.8. The standard InChI is InChI=1S/C10H9ClN4O4/c1-5(16)18-4-8-12-10-13-9(19-6(2)17)3-7(11)15(10)14-8/h3H,4H2,1-2H3. The van der Waals surface area contributed by atoms with Crippen molar-refractivity contribution in [3.05, 3.63) is 17.0 Å². The number of hydrogen-bond acceptors (Lipinski definition) is 7. The SMILES string of the molecule is CC(=O)OCc1nc2nc(OC(C)=O)cc(Cl)n2n1. The van der Waals surface area contributed by atoms with Crippen molar-refractivity contribution in [2.45, 2.75) is 20.5 Å². The second-order valence-electron chi connectivity index (χ2n) is 3.53. The first-order valence-electron chi connectivity index (χ1n) is 5.19. The predicted molar refractivity (Wildman–Crippen MR) is 62.6 cm³/mol. The van der Waals surface area contributed by atoms with E-state index < -0.39 is 11.9 Å². The van der Waals surface area contributed by atoms with Gasteiger partial charge in [-0.15, -0.1) is 5.10 Å². The molecular weight excluding hydrogens is 276 g/mol. The van der Waals surface area contributed by atoms with Crippen LogP contribution in [0.2, 0.25) is 5.15 Å². The van der Waals surface area contributed by atoms with Crippen LogP contribution in [0.1, 0.15) is 19.7 Å². The first-order chi connectivity index (χ1) is 8.95. The van der Waals surface area contributed by atoms with Crippen LogP contribution in [-0.4, -0.2) is 31.5 Å². The van der Waals surface area contributed by atoms with Crippen molar-refractivity contribution in [3.8, 4) is 5.88 Å². The Morgan fingerprint density at radius 1 is 1.32 bits per heavy atom. The van der Waals surface area contributed by atoms with Gasteiger partial charge >= 0.3 is 11.9 Å². The van der Waals surface area contributed by atoms with Gasteiger partial charge in [0.2, 0.25) is 5.88 Å². The highest BCUT2D eigenvalue weighted by Crippen LogP contribution is 2.17. The molecule has 19 heavy (non-hydrogen) atoms. The average Bonchev–Trinajstić information content (AvgIpc) is 2.69. The Bertz CT molecular complexity index is 654. The smallest absolute Gasteiger partial charge is 0.309 e. The van der Waals surface area contributed by atoms with Gasteiger partial charge in [0.05, 0.1) is 0 Å². The number of carbonyl (C=O) groups is 2. The van der Waals surface area contributed by atoms with Crippen LogP contribution in [0.3, 0.4) is 0 Å². The van der Waals surface area contributed by atoms with Crippen LogP contribution in [0.25, 0.3) is 5.78 Å². The Kier molecular flexibility index (Phi) is 3.61. The van der Waals surface area contributed by atoms with Crippen LogP contribution < -0.4 is 4.74 Å². The van der Waals surface area contributed by atoms with E-state index in [-0.39, 0.29) is 29.2 Å². The Morgan fingerprint density at radius 2 is 2.05 bits per heavy atom. The number of nitrogens with zero attached hydrogens (tertiary/aromatic N) is 4. The number of hydrogen-bond donors (Lipinski definition) is 0. The molecule has 0 radical (unpaired) electrons. The molecule has 0 aliphatic carbocycles. The lowest BCUT2D eigenvalue weighted by molar-refractivity contribution is -0.142. The molecule has 9 heteroatoms. The molecule has 2 heterocycles. The molecule has 0 N–H and O–H groups in total. The first kappa shape index (κ1) is 13.2. The molecular formula is C10H9ClN4O4. The number of aromatic nitrogens is 4. The van der Waals surface area contributed by atoms with Crippen molar-refractivity contribution >= 4 is 29.3 Å². The van der Waals surface area contributed by atoms with Crippen molar-refractivity contribution < 1.29 is 19.1 Å². The second-order valence-corrected chi connectivity index (χ2v) is 3.92. The van der Waals surface area contributed by atoms with Crippen molar-refractivity contribution in [1.29, 1.82) is 0 Å². The molecule has 0 spiro atoms. The molecule has 8 nitrogen and oxygen atoms in total. The van der Waals surface area contributed by atoms with Gasteiger partial charge in [-0.1, -0.05) is 11.6 Å². The minimum absolute atomic E-state index is 0.0245. The molecule has 0 amide bonds. The maximum atomic E-state index is 10.8. The maximum Gasteiger partial charge on any atom is 0.309 e. The summed E-state index contributed by atoms with van der Waals surface area (Å²) in [6.45, 7) is 2.44. The van der Waals surface area contributed by atoms with Crippen molar-refractivity contribution in [3.63, 3.8) is 0 Å². The number of halogens is 1. The van der Waals surface area contributed by atoms with E-state index in [1.54, 1.807) is 0 Å². The van der Waals surface area contributed by atoms with Crippen molar-refractivity contribution in [2.24, 2.45) is 0 Å². The van der Waals surface area contributed by atoms with Gasteiger partial charge in [-0.05, 0) is 0 Å². The Morgan fingerprint density at radius 3 is 2.68 bits per heavy atom. The summed E-state index contributed by atoms with van der Waals surface area (Å²) >= 11 is 5.94. The molecule has 100 valence electrons. The summed E-state index contributed by atoms with van der Waals surface area (Å²) in [5.41, 5.74) is 0. The van der Waals surface area contributed by atoms with E-state index in [2.05, 4.69) is 15.1 Å². The zero-order valence-electron chi connectivity index (χ0n) is 10.1. The van der Waals surface area contributed by atoms with E-state index in [4.69, 9.17) is 21.1 Å². The highest BCUT2D eigenvalue weighted by Gasteiger charge is 2.12. The van der Waals surface area contributed by atoms with Gasteiger partial charge in [0.25, 0.3) is 5.78 Å². The van der Waals surface area contributed by atoms with E-state index >= 15 is 0 Å². The van der Waals surface area contributed by atoms with Crippen LogP contribution in [0, 0.1) is 0 Å². The van der Waals surface area contributed by atoms with Crippen molar-refractivity contribution in [1.82, 2.24) is 19.6 Å². The van der Waals surface area contributed by atoms with Crippen LogP contribution >= 0.6 is 11.6 Å². The third kappa shape index (κ3) is 3.16. The molecule has 0 bridgehead atoms. The van der Waals surface area contributed by atoms with Crippen molar-refractivity contribution in [2.75, 3.05) is 0 Å². The fourth-order valence-electron chi connectivity index (χ4n) is 1.28. The molecule has 2 aromatic heterocycles. The second kappa shape index (κ2) is 5.19. The number of rotatable bonds is 3. The van der Waals surface area contributed by atoms with Gasteiger partial charge < -0.3 is 9.47 Å². The van der Waals surface area contributed by atoms with E-state index in [1.165, 1.54) is 24.4 Å². The largest absolute Gasteiger partial charge is 0.458 e. The number of esters is 2. The molecule has 0 saturated carbocycles. The van der Waals surface area contributed by atoms with Gasteiger partial charge in [-0.3, -0.25) is 9.59 Å². The molecule has 0 aliphatic heterocycles. The van der Waals surface area contributed by atoms with Crippen LogP contribution in [0.4, 0.5) is 0 Å². The third-order valence-electron chi connectivity index (χ3n) is 1.94. The molecule has 0 fully saturated rings. The average molecular weight is 285 g/mol. The van der Waals surface area contributed by atoms with E-state index in [9.17, 15) is 9.59 Å². The first-order valence-corrected chi connectivity index (χ1v) is 5.57. The fraction of sp³-hybridized carbons (Fsp3) is 0.300. The van der Waals surface area contributed by atoms with E-state index in [0.29, 0.717) is 0 Å². The molecule has 0 aliphatic rings. The summed E-state index contributed by atoms with van der Waals surface area (Å²) in [4.78, 5) is 29.5. The molecule has 2 rings (SSSR count). The van der Waals surface area contributed by atoms with E-state index in [1.807, 2.05) is 0 Å². The Labute approximate surface area is 112 Å². The quantitative estimate of drug-likeness (QED) is 0.606. The zero-order valence-corrected chi connectivity index (χ0v) is 10.8. The van der Waals surface area contributed by atoms with Crippen LogP contribution in [0.5, 0.6) is 5.88 Å². The van der Waals surface area contributed by atoms with Gasteiger partial charge in [-0.25, -0.2) is 0 Å². The van der Waals surface area contributed by atoms with Crippen LogP contribution in [-0.2, 0) is 20.9 Å². The summed E-state index contributed by atoms with van der Waals surface area (Å²) in [6, 6.07) is 1.33. The Balaban J connectivity index is 2.33. The minimum atomic E-state index is -0.521. The number of ether oxygens (including phenoxy) is 2. The molecule has 0 saturated heterocycles. The highest BCUT2D eigenvalue weighted by atomic mass is 35.5. The summed E-state index contributed by atoms with van der Waals surface area (Å²) in [5.74, 6) is -0.557. The topological polar surface area (TPSA) is 95.7 Å². The van der Waals surface area contributed by atoms with Crippen LogP contribution in [0.15, 0.2) is 6.07 Å². The number of carbonyl (C=O) groups excluding carboxylic acids is 2. The summed E-state index contributed by atoms with van der Waals surface area (Å²) < 4.78 is 10.8. The number of fused-ring (bicyclic) bond motifs is 1. The lowest BCUT2D eigenvalue weighted by atomic mass is 10.6. The van der Waals surface area contributed by atoms with Gasteiger partial charge in [-0.2, -0.15) is 14.5 Å². The summed E-state index contributed by atoms with van der Waals surface area (Å²) in [5, 5.41) is 4.17. The summed E-state index contributed by atoms with van der Waals surface area (Å²) in [7, 11) is 0. The Hall–Kier alpha value is -2.22. The molecule has 2 aromatic rings. The van der Waals surface area contributed by atoms with E-state index in [0.717, 1.165) is 0 Å². The fourth-order valence-corrected chi connectivity index (χ4v) is 1.49. The molecule has 0 atom stereocenters.